The van der Waals surface area contributed by atoms with Gasteiger partial charge in [0.15, 0.2) is 0 Å². The molecule has 0 aromatic heterocycles. The summed E-state index contributed by atoms with van der Waals surface area (Å²) >= 11 is 11.2. The van der Waals surface area contributed by atoms with Crippen molar-refractivity contribution in [1.82, 2.24) is 0 Å². The number of hydrogen-bond acceptors (Lipinski definition) is 3. The van der Waals surface area contributed by atoms with Crippen molar-refractivity contribution in [3.63, 3.8) is 0 Å². The number of sulfonamides is 1. The zero-order valence-corrected chi connectivity index (χ0v) is 12.5. The molecule has 2 rings (SSSR count). The van der Waals surface area contributed by atoms with Crippen LogP contribution >= 0.6 is 23.2 Å². The molecule has 0 atom stereocenters. The van der Waals surface area contributed by atoms with E-state index in [9.17, 15) is 8.42 Å². The van der Waals surface area contributed by atoms with Gasteiger partial charge in [-0.2, -0.15) is 0 Å². The van der Waals surface area contributed by atoms with Crippen molar-refractivity contribution in [3.05, 3.63) is 47.0 Å². The molecular weight excluding hydrogens is 321 g/mol. The van der Waals surface area contributed by atoms with Crippen molar-refractivity contribution >= 4 is 44.0 Å². The van der Waals surface area contributed by atoms with E-state index in [0.29, 0.717) is 21.6 Å². The van der Waals surface area contributed by atoms with Crippen LogP contribution in [0.3, 0.4) is 0 Å². The number of halogens is 2. The molecule has 0 fully saturated rings. The highest BCUT2D eigenvalue weighted by molar-refractivity contribution is 7.89. The lowest BCUT2D eigenvalue weighted by Crippen LogP contribution is -2.12. The van der Waals surface area contributed by atoms with Gasteiger partial charge in [-0.15, -0.1) is 0 Å². The highest BCUT2D eigenvalue weighted by Crippen LogP contribution is 2.30. The lowest BCUT2D eigenvalue weighted by Gasteiger charge is -2.11. The van der Waals surface area contributed by atoms with Gasteiger partial charge < -0.3 is 4.74 Å². The predicted molar refractivity (Wildman–Crippen MR) is 80.6 cm³/mol. The molecule has 2 N–H and O–H groups in total. The van der Waals surface area contributed by atoms with Crippen molar-refractivity contribution in [1.29, 1.82) is 0 Å². The molecule has 20 heavy (non-hydrogen) atoms. The second kappa shape index (κ2) is 6.01. The van der Waals surface area contributed by atoms with Crippen molar-refractivity contribution in [2.45, 2.75) is 4.90 Å². The molecule has 0 saturated carbocycles. The number of ether oxygens (including phenoxy) is 1. The Balaban J connectivity index is 2.55. The van der Waals surface area contributed by atoms with Crippen LogP contribution in [0.15, 0.2) is 51.9 Å². The molecule has 0 bridgehead atoms. The molecule has 4 nitrogen and oxygen atoms in total. The van der Waals surface area contributed by atoms with Crippen molar-refractivity contribution in [2.75, 3.05) is 6.61 Å². The quantitative estimate of drug-likeness (QED) is 0.935. The summed E-state index contributed by atoms with van der Waals surface area (Å²) < 4.78 is 28.6. The minimum Gasteiger partial charge on any atom is -0.487 e. The fourth-order valence-corrected chi connectivity index (χ4v) is 2.66. The Morgan fingerprint density at radius 1 is 1.20 bits per heavy atom. The van der Waals surface area contributed by atoms with Crippen LogP contribution in [0.25, 0.3) is 10.8 Å². The third-order valence-electron chi connectivity index (χ3n) is 2.63. The van der Waals surface area contributed by atoms with Crippen molar-refractivity contribution in [3.8, 4) is 5.75 Å². The minimum atomic E-state index is -3.80. The van der Waals surface area contributed by atoms with E-state index in [1.54, 1.807) is 30.3 Å². The first-order valence-corrected chi connectivity index (χ1v) is 7.91. The van der Waals surface area contributed by atoms with Gasteiger partial charge in [0.1, 0.15) is 12.4 Å². The Bertz CT molecular complexity index is 772. The van der Waals surface area contributed by atoms with Crippen LogP contribution < -0.4 is 9.88 Å². The summed E-state index contributed by atoms with van der Waals surface area (Å²) in [4.78, 5) is 0.0550. The Morgan fingerprint density at radius 3 is 2.45 bits per heavy atom. The topological polar surface area (TPSA) is 69.4 Å². The molecular formula is C13H11Cl2NO3S. The molecule has 0 unspecified atom stereocenters. The van der Waals surface area contributed by atoms with Gasteiger partial charge in [0.2, 0.25) is 10.0 Å². The van der Waals surface area contributed by atoms with Crippen molar-refractivity contribution < 1.29 is 13.2 Å². The van der Waals surface area contributed by atoms with Gasteiger partial charge in [0.25, 0.3) is 0 Å². The number of fused-ring (bicyclic) bond motifs is 1. The molecule has 0 aliphatic rings. The Kier molecular flexibility index (Phi) is 4.55. The third-order valence-corrected chi connectivity index (χ3v) is 4.20. The second-order valence-corrected chi connectivity index (χ2v) is 6.23. The lowest BCUT2D eigenvalue weighted by molar-refractivity contribution is 0.363. The lowest BCUT2D eigenvalue weighted by atomic mass is 10.1. The van der Waals surface area contributed by atoms with E-state index in [4.69, 9.17) is 33.1 Å². The number of primary sulfonamides is 1. The maximum atomic E-state index is 11.6. The standard InChI is InChI=1S/C13H11Cl2NO3S/c14-7-9(15)8-19-12-5-6-13(20(16,17)18)11-4-2-1-3-10(11)12/h1-7H,8H2,(H2,16,17,18)/b9-7-. The largest absolute Gasteiger partial charge is 0.487 e. The highest BCUT2D eigenvalue weighted by atomic mass is 35.5. The van der Waals surface area contributed by atoms with Crippen LogP contribution in [0.4, 0.5) is 0 Å². The summed E-state index contributed by atoms with van der Waals surface area (Å²) in [6.45, 7) is 0.101. The van der Waals surface area contributed by atoms with E-state index >= 15 is 0 Å². The predicted octanol–water partition coefficient (Wildman–Crippen LogP) is 3.19. The maximum Gasteiger partial charge on any atom is 0.238 e. The zero-order chi connectivity index (χ0) is 14.8. The normalized spacial score (nSPS) is 12.7. The van der Waals surface area contributed by atoms with Gasteiger partial charge in [-0.05, 0) is 12.1 Å². The van der Waals surface area contributed by atoms with E-state index in [1.165, 1.54) is 11.6 Å². The molecule has 2 aromatic rings. The van der Waals surface area contributed by atoms with Crippen LogP contribution in [0.1, 0.15) is 0 Å². The summed E-state index contributed by atoms with van der Waals surface area (Å²) in [6.07, 6.45) is 0. The molecule has 2 aromatic carbocycles. The van der Waals surface area contributed by atoms with E-state index in [2.05, 4.69) is 0 Å². The summed E-state index contributed by atoms with van der Waals surface area (Å²) in [6, 6.07) is 9.87. The average Bonchev–Trinajstić information content (AvgIpc) is 2.43. The van der Waals surface area contributed by atoms with Gasteiger partial charge in [0.05, 0.1) is 9.93 Å². The summed E-state index contributed by atoms with van der Waals surface area (Å²) in [5.74, 6) is 0.504. The first-order chi connectivity index (χ1) is 9.43. The number of nitrogens with two attached hydrogens (primary N) is 1. The van der Waals surface area contributed by atoms with E-state index in [0.717, 1.165) is 0 Å². The molecule has 0 heterocycles. The first kappa shape index (κ1) is 15.1. The minimum absolute atomic E-state index is 0.0550. The van der Waals surface area contributed by atoms with Gasteiger partial charge in [-0.1, -0.05) is 47.5 Å². The molecule has 0 spiro atoms. The molecule has 0 aliphatic carbocycles. The van der Waals surface area contributed by atoms with Crippen LogP contribution in [0.2, 0.25) is 0 Å². The number of rotatable bonds is 4. The molecule has 0 saturated heterocycles. The number of benzene rings is 2. The molecule has 7 heteroatoms. The Labute approximate surface area is 126 Å². The Morgan fingerprint density at radius 2 is 1.85 bits per heavy atom. The molecule has 0 radical (unpaired) electrons. The van der Waals surface area contributed by atoms with Gasteiger partial charge >= 0.3 is 0 Å². The van der Waals surface area contributed by atoms with Crippen LogP contribution in [-0.2, 0) is 10.0 Å². The second-order valence-electron chi connectivity index (χ2n) is 4.00. The van der Waals surface area contributed by atoms with E-state index in [-0.39, 0.29) is 11.5 Å². The third kappa shape index (κ3) is 3.24. The highest BCUT2D eigenvalue weighted by Gasteiger charge is 2.14. The fourth-order valence-electron chi connectivity index (χ4n) is 1.80. The van der Waals surface area contributed by atoms with Crippen LogP contribution in [0.5, 0.6) is 5.75 Å². The van der Waals surface area contributed by atoms with Gasteiger partial charge in [-0.25, -0.2) is 13.6 Å². The first-order valence-electron chi connectivity index (χ1n) is 5.55. The average molecular weight is 332 g/mol. The fraction of sp³-hybridized carbons (Fsp3) is 0.0769. The molecule has 0 aliphatic heterocycles. The van der Waals surface area contributed by atoms with Gasteiger partial charge in [-0.3, -0.25) is 0 Å². The van der Waals surface area contributed by atoms with Gasteiger partial charge in [0, 0.05) is 16.3 Å². The summed E-state index contributed by atoms with van der Waals surface area (Å²) in [5.41, 5.74) is 1.21. The molecule has 0 amide bonds. The van der Waals surface area contributed by atoms with E-state index in [1.807, 2.05) is 0 Å². The van der Waals surface area contributed by atoms with Crippen LogP contribution in [0, 0.1) is 0 Å². The van der Waals surface area contributed by atoms with Crippen LogP contribution in [-0.4, -0.2) is 15.0 Å². The summed E-state index contributed by atoms with van der Waals surface area (Å²) in [5, 5.41) is 6.68. The SMILES string of the molecule is NS(=O)(=O)c1ccc(OC/C(Cl)=C/Cl)c2ccccc12. The molecule has 106 valence electrons. The maximum absolute atomic E-state index is 11.6. The Hall–Kier alpha value is -1.27. The van der Waals surface area contributed by atoms with Crippen molar-refractivity contribution in [2.24, 2.45) is 5.14 Å². The summed E-state index contributed by atoms with van der Waals surface area (Å²) in [7, 11) is -3.80. The van der Waals surface area contributed by atoms with E-state index < -0.39 is 10.0 Å². The monoisotopic (exact) mass is 331 g/mol. The number of hydrogen-bond donors (Lipinski definition) is 1. The zero-order valence-electron chi connectivity index (χ0n) is 10.2. The smallest absolute Gasteiger partial charge is 0.238 e.